The van der Waals surface area contributed by atoms with Gasteiger partial charge in [0.25, 0.3) is 0 Å². The molecule has 0 N–H and O–H groups in total. The second kappa shape index (κ2) is 66.4. The van der Waals surface area contributed by atoms with Crippen molar-refractivity contribution >= 4 is 0 Å². The summed E-state index contributed by atoms with van der Waals surface area (Å²) in [6, 6.07) is 0. The molecule has 0 saturated carbocycles. The van der Waals surface area contributed by atoms with E-state index in [-0.39, 0.29) is 44.1 Å². The van der Waals surface area contributed by atoms with Crippen LogP contribution in [0.25, 0.3) is 0 Å². The van der Waals surface area contributed by atoms with Gasteiger partial charge in [-0.15, -0.1) is 54.9 Å². The third kappa shape index (κ3) is 40300. The Morgan fingerprint density at radius 3 is 0.211 bits per heavy atom. The Labute approximate surface area is 268 Å². The summed E-state index contributed by atoms with van der Waals surface area (Å²) in [5.41, 5.74) is 0. The standard InChI is InChI=1S/9C3H7O.Nb.Ti/c9*1-3(2)4;;/h9*3H,1-2H3;;/q9*-1;+5;+4. The van der Waals surface area contributed by atoms with Crippen LogP contribution in [0.2, 0.25) is 0 Å². The molecule has 0 spiro atoms. The second-order valence-electron chi connectivity index (χ2n) is 9.44. The maximum atomic E-state index is 9.53. The van der Waals surface area contributed by atoms with Crippen LogP contribution in [0.5, 0.6) is 0 Å². The van der Waals surface area contributed by atoms with Crippen molar-refractivity contribution in [2.24, 2.45) is 0 Å². The molecule has 0 bridgehead atoms. The van der Waals surface area contributed by atoms with E-state index in [4.69, 9.17) is 0 Å². The third-order valence-corrected chi connectivity index (χ3v) is 0. The molecule has 9 nitrogen and oxygen atoms in total. The summed E-state index contributed by atoms with van der Waals surface area (Å²) < 4.78 is 0. The van der Waals surface area contributed by atoms with Crippen LogP contribution in [0, 0.1) is 0 Å². The van der Waals surface area contributed by atoms with Gasteiger partial charge in [-0.3, -0.25) is 0 Å². The van der Waals surface area contributed by atoms with E-state index in [1.54, 1.807) is 125 Å². The molecule has 0 aromatic heterocycles. The zero-order valence-electron chi connectivity index (χ0n) is 27.8. The van der Waals surface area contributed by atoms with Gasteiger partial charge in [-0.1, -0.05) is 125 Å². The predicted molar refractivity (Wildman–Crippen MR) is 136 cm³/mol. The molecule has 0 atom stereocenters. The minimum absolute atomic E-state index is 0. The quantitative estimate of drug-likeness (QED) is 0.255. The first-order chi connectivity index (χ1) is 15.6. The Bertz CT molecular complexity index is 171. The molecular formula is C27H63NbO9Ti. The van der Waals surface area contributed by atoms with Gasteiger partial charge < -0.3 is 46.0 Å². The van der Waals surface area contributed by atoms with Gasteiger partial charge in [0, 0.05) is 0 Å². The molecule has 0 saturated heterocycles. The first kappa shape index (κ1) is 71.9. The molecular weight excluding hydrogens is 609 g/mol. The normalized spacial score (nSPS) is 8.53. The molecule has 234 valence electrons. The molecule has 38 heavy (non-hydrogen) atoms. The second-order valence-corrected chi connectivity index (χ2v) is 9.44. The Hall–Kier alpha value is 1.09. The first-order valence-electron chi connectivity index (χ1n) is 12.5. The van der Waals surface area contributed by atoms with Gasteiger partial charge in [0.05, 0.1) is 0 Å². The van der Waals surface area contributed by atoms with E-state index >= 15 is 0 Å². The van der Waals surface area contributed by atoms with Crippen molar-refractivity contribution < 1.29 is 90.1 Å². The molecule has 0 aromatic rings. The minimum atomic E-state index is -0.417. The van der Waals surface area contributed by atoms with Gasteiger partial charge >= 0.3 is 44.1 Å². The van der Waals surface area contributed by atoms with Crippen molar-refractivity contribution in [2.75, 3.05) is 0 Å². The SMILES string of the molecule is CC(C)[O-].CC(C)[O-].CC(C)[O-].CC(C)[O-].CC(C)[O-].CC(C)[O-].CC(C)[O-].CC(C)[O-].CC(C)[O-].[Nb+5].[Ti+4]. The van der Waals surface area contributed by atoms with Crippen LogP contribution in [0.15, 0.2) is 0 Å². The largest absolute Gasteiger partial charge is 5.00 e. The molecule has 0 heterocycles. The maximum Gasteiger partial charge on any atom is 5.00 e. The molecule has 11 heteroatoms. The van der Waals surface area contributed by atoms with Crippen molar-refractivity contribution in [3.8, 4) is 0 Å². The van der Waals surface area contributed by atoms with Crippen LogP contribution in [-0.4, -0.2) is 54.9 Å². The van der Waals surface area contributed by atoms with E-state index in [0.717, 1.165) is 0 Å². The van der Waals surface area contributed by atoms with Crippen LogP contribution in [0.3, 0.4) is 0 Å². The topological polar surface area (TPSA) is 208 Å². The summed E-state index contributed by atoms with van der Waals surface area (Å²) >= 11 is 0. The first-order valence-corrected chi connectivity index (χ1v) is 12.5. The summed E-state index contributed by atoms with van der Waals surface area (Å²) in [6.45, 7) is 29.0. The van der Waals surface area contributed by atoms with Crippen LogP contribution >= 0.6 is 0 Å². The van der Waals surface area contributed by atoms with Crippen molar-refractivity contribution in [1.29, 1.82) is 0 Å². The summed E-state index contributed by atoms with van der Waals surface area (Å²) in [4.78, 5) is 0. The van der Waals surface area contributed by atoms with Gasteiger partial charge in [0.1, 0.15) is 0 Å². The fourth-order valence-corrected chi connectivity index (χ4v) is 0. The summed E-state index contributed by atoms with van der Waals surface area (Å²) in [5.74, 6) is 0. The van der Waals surface area contributed by atoms with E-state index in [2.05, 4.69) is 0 Å². The third-order valence-electron chi connectivity index (χ3n) is 0. The average Bonchev–Trinajstić information content (AvgIpc) is 2.39. The van der Waals surface area contributed by atoms with Gasteiger partial charge in [0.2, 0.25) is 0 Å². The Morgan fingerprint density at radius 1 is 0.211 bits per heavy atom. The van der Waals surface area contributed by atoms with E-state index in [0.29, 0.717) is 0 Å². The van der Waals surface area contributed by atoms with Gasteiger partial charge in [-0.05, 0) is 0 Å². The molecule has 0 aliphatic heterocycles. The zero-order valence-corrected chi connectivity index (χ0v) is 31.6. The molecule has 0 aromatic carbocycles. The van der Waals surface area contributed by atoms with Gasteiger partial charge in [-0.2, -0.15) is 0 Å². The average molecular weight is 673 g/mol. The van der Waals surface area contributed by atoms with Crippen LogP contribution < -0.4 is 46.0 Å². The fourth-order valence-electron chi connectivity index (χ4n) is 0. The van der Waals surface area contributed by atoms with Gasteiger partial charge in [0.15, 0.2) is 0 Å². The van der Waals surface area contributed by atoms with Crippen LogP contribution in [0.1, 0.15) is 125 Å². The number of hydrogen-bond acceptors (Lipinski definition) is 9. The van der Waals surface area contributed by atoms with Crippen molar-refractivity contribution in [3.63, 3.8) is 0 Å². The number of rotatable bonds is 0. The summed E-state index contributed by atoms with van der Waals surface area (Å²) in [5, 5.41) is 85.8. The number of hydrogen-bond donors (Lipinski definition) is 0. The Morgan fingerprint density at radius 2 is 0.211 bits per heavy atom. The van der Waals surface area contributed by atoms with Crippen LogP contribution in [-0.2, 0) is 44.1 Å². The monoisotopic (exact) mass is 672 g/mol. The van der Waals surface area contributed by atoms with E-state index in [9.17, 15) is 46.0 Å². The van der Waals surface area contributed by atoms with Crippen molar-refractivity contribution in [2.45, 2.75) is 180 Å². The minimum Gasteiger partial charge on any atom is -0.852 e. The predicted octanol–water partition coefficient (Wildman–Crippen LogP) is -2.21. The van der Waals surface area contributed by atoms with Crippen molar-refractivity contribution in [1.82, 2.24) is 0 Å². The Balaban J connectivity index is -0.0000000238. The van der Waals surface area contributed by atoms with E-state index in [1.165, 1.54) is 0 Å². The summed E-state index contributed by atoms with van der Waals surface area (Å²) in [7, 11) is 0. The molecule has 0 radical (unpaired) electrons. The fraction of sp³-hybridized carbons (Fsp3) is 1.00. The maximum absolute atomic E-state index is 9.53. The zero-order chi connectivity index (χ0) is 32.2. The summed E-state index contributed by atoms with van der Waals surface area (Å²) in [6.07, 6.45) is -3.75. The van der Waals surface area contributed by atoms with Gasteiger partial charge in [-0.25, -0.2) is 0 Å². The van der Waals surface area contributed by atoms with Crippen molar-refractivity contribution in [3.05, 3.63) is 0 Å². The van der Waals surface area contributed by atoms with E-state index in [1.807, 2.05) is 0 Å². The molecule has 0 rings (SSSR count). The molecule has 0 aliphatic carbocycles. The smallest absolute Gasteiger partial charge is 0.852 e. The molecule has 0 fully saturated rings. The molecule has 0 unspecified atom stereocenters. The van der Waals surface area contributed by atoms with E-state index < -0.39 is 54.9 Å². The molecule has 0 aliphatic rings. The van der Waals surface area contributed by atoms with Crippen LogP contribution in [0.4, 0.5) is 0 Å². The molecule has 0 amide bonds. The Kier molecular flexibility index (Phi) is 126.